The number of halogens is 1. The van der Waals surface area contributed by atoms with Gasteiger partial charge in [0.05, 0.1) is 6.04 Å². The summed E-state index contributed by atoms with van der Waals surface area (Å²) < 4.78 is 25.4. The quantitative estimate of drug-likeness (QED) is 0.441. The SMILES string of the molecule is CC(C)(C)OC(=O)N[C@@H](CCC(N)=O)COc1cccc(CCCCC(=O)O)c1F. The van der Waals surface area contributed by atoms with Crippen LogP contribution < -0.4 is 15.8 Å². The molecule has 1 atom stereocenters. The van der Waals surface area contributed by atoms with Gasteiger partial charge in [-0.1, -0.05) is 12.1 Å². The molecule has 0 heterocycles. The largest absolute Gasteiger partial charge is 0.488 e. The van der Waals surface area contributed by atoms with Crippen molar-refractivity contribution in [2.75, 3.05) is 6.61 Å². The summed E-state index contributed by atoms with van der Waals surface area (Å²) in [7, 11) is 0. The molecule has 0 fully saturated rings. The van der Waals surface area contributed by atoms with Gasteiger partial charge in [0.25, 0.3) is 0 Å². The average molecular weight is 426 g/mol. The minimum atomic E-state index is -0.882. The van der Waals surface area contributed by atoms with Crippen LogP contribution in [0.1, 0.15) is 58.4 Å². The fourth-order valence-corrected chi connectivity index (χ4v) is 2.63. The van der Waals surface area contributed by atoms with E-state index in [-0.39, 0.29) is 31.6 Å². The number of carbonyl (C=O) groups is 3. The second-order valence-electron chi connectivity index (χ2n) is 7.99. The fourth-order valence-electron chi connectivity index (χ4n) is 2.63. The zero-order chi connectivity index (χ0) is 22.7. The number of nitrogens with two attached hydrogens (primary N) is 1. The van der Waals surface area contributed by atoms with Gasteiger partial charge in [-0.15, -0.1) is 0 Å². The standard InChI is InChI=1S/C21H31FN2O6/c1-21(2,3)30-20(28)24-15(11-12-17(23)25)13-29-16-9-6-8-14(19(16)22)7-4-5-10-18(26)27/h6,8-9,15H,4-5,7,10-13H2,1-3H3,(H2,23,25)(H,24,28)(H,26,27)/t15-/m0/s1. The molecule has 8 nitrogen and oxygen atoms in total. The van der Waals surface area contributed by atoms with E-state index in [2.05, 4.69) is 5.32 Å². The highest BCUT2D eigenvalue weighted by Gasteiger charge is 2.21. The van der Waals surface area contributed by atoms with Crippen molar-refractivity contribution >= 4 is 18.0 Å². The Kier molecular flexibility index (Phi) is 10.1. The van der Waals surface area contributed by atoms with Crippen molar-refractivity contribution in [2.45, 2.75) is 70.9 Å². The van der Waals surface area contributed by atoms with E-state index in [1.165, 1.54) is 6.07 Å². The third-order valence-electron chi connectivity index (χ3n) is 4.03. The van der Waals surface area contributed by atoms with Gasteiger partial charge in [-0.2, -0.15) is 0 Å². The van der Waals surface area contributed by atoms with E-state index in [0.717, 1.165) is 0 Å². The van der Waals surface area contributed by atoms with Gasteiger partial charge in [0, 0.05) is 12.8 Å². The van der Waals surface area contributed by atoms with Gasteiger partial charge in [-0.25, -0.2) is 9.18 Å². The summed E-state index contributed by atoms with van der Waals surface area (Å²) in [6, 6.07) is 4.12. The van der Waals surface area contributed by atoms with Crippen LogP contribution in [0.4, 0.5) is 9.18 Å². The number of aliphatic carboxylic acids is 1. The van der Waals surface area contributed by atoms with Crippen LogP contribution in [0.3, 0.4) is 0 Å². The molecule has 9 heteroatoms. The van der Waals surface area contributed by atoms with Gasteiger partial charge in [-0.3, -0.25) is 9.59 Å². The van der Waals surface area contributed by atoms with Crippen molar-refractivity contribution in [3.05, 3.63) is 29.6 Å². The number of unbranched alkanes of at least 4 members (excludes halogenated alkanes) is 1. The van der Waals surface area contributed by atoms with Crippen LogP contribution >= 0.6 is 0 Å². The predicted molar refractivity (Wildman–Crippen MR) is 109 cm³/mol. The van der Waals surface area contributed by atoms with Crippen LogP contribution in [0, 0.1) is 5.82 Å². The number of nitrogens with one attached hydrogen (secondary N) is 1. The van der Waals surface area contributed by atoms with Crippen LogP contribution in [0.2, 0.25) is 0 Å². The first-order valence-electron chi connectivity index (χ1n) is 9.87. The lowest BCUT2D eigenvalue weighted by Crippen LogP contribution is -2.42. The lowest BCUT2D eigenvalue weighted by Gasteiger charge is -2.24. The third kappa shape index (κ3) is 10.6. The smallest absolute Gasteiger partial charge is 0.407 e. The zero-order valence-corrected chi connectivity index (χ0v) is 17.7. The first kappa shape index (κ1) is 25.2. The Hall–Kier alpha value is -2.84. The number of primary amides is 1. The second kappa shape index (κ2) is 12.0. The number of carbonyl (C=O) groups excluding carboxylic acids is 2. The molecule has 0 saturated carbocycles. The maximum atomic E-state index is 14.7. The summed E-state index contributed by atoms with van der Waals surface area (Å²) in [6.07, 6.45) is 0.977. The number of ether oxygens (including phenoxy) is 2. The molecular formula is C21H31FN2O6. The molecule has 30 heavy (non-hydrogen) atoms. The number of carboxylic acids is 1. The van der Waals surface area contributed by atoms with Crippen molar-refractivity contribution in [2.24, 2.45) is 5.73 Å². The Labute approximate surface area is 175 Å². The maximum absolute atomic E-state index is 14.7. The van der Waals surface area contributed by atoms with Crippen molar-refractivity contribution in [3.63, 3.8) is 0 Å². The Bertz CT molecular complexity index is 733. The van der Waals surface area contributed by atoms with Crippen LogP contribution in [0.25, 0.3) is 0 Å². The summed E-state index contributed by atoms with van der Waals surface area (Å²) in [5, 5.41) is 11.3. The highest BCUT2D eigenvalue weighted by atomic mass is 19.1. The number of benzene rings is 1. The highest BCUT2D eigenvalue weighted by Crippen LogP contribution is 2.22. The molecule has 0 radical (unpaired) electrons. The molecule has 1 rings (SSSR count). The number of rotatable bonds is 12. The summed E-state index contributed by atoms with van der Waals surface area (Å²) in [6.45, 7) is 5.09. The molecule has 4 N–H and O–H groups in total. The van der Waals surface area contributed by atoms with E-state index < -0.39 is 35.4 Å². The molecule has 2 amide bonds. The first-order chi connectivity index (χ1) is 14.0. The predicted octanol–water partition coefficient (Wildman–Crippen LogP) is 3.16. The van der Waals surface area contributed by atoms with Crippen LogP contribution in [-0.4, -0.2) is 41.3 Å². The Morgan fingerprint density at radius 2 is 1.90 bits per heavy atom. The van der Waals surface area contributed by atoms with Crippen molar-refractivity contribution < 1.29 is 33.4 Å². The van der Waals surface area contributed by atoms with Crippen molar-refractivity contribution in [1.29, 1.82) is 0 Å². The Morgan fingerprint density at radius 1 is 1.20 bits per heavy atom. The molecule has 0 bridgehead atoms. The van der Waals surface area contributed by atoms with E-state index in [1.54, 1.807) is 32.9 Å². The molecule has 0 spiro atoms. The number of carboxylic acid groups (broad SMARTS) is 1. The van der Waals surface area contributed by atoms with Gasteiger partial charge in [0.15, 0.2) is 11.6 Å². The highest BCUT2D eigenvalue weighted by molar-refractivity contribution is 5.74. The maximum Gasteiger partial charge on any atom is 0.407 e. The van der Waals surface area contributed by atoms with Crippen molar-refractivity contribution in [3.8, 4) is 5.75 Å². The molecule has 0 aliphatic heterocycles. The number of amides is 2. The molecule has 0 unspecified atom stereocenters. The third-order valence-corrected chi connectivity index (χ3v) is 4.03. The molecular weight excluding hydrogens is 395 g/mol. The van der Waals surface area contributed by atoms with Crippen LogP contribution in [0.5, 0.6) is 5.75 Å². The lowest BCUT2D eigenvalue weighted by molar-refractivity contribution is -0.137. The minimum Gasteiger partial charge on any atom is -0.488 e. The average Bonchev–Trinajstić information content (AvgIpc) is 2.61. The molecule has 0 aromatic heterocycles. The van der Waals surface area contributed by atoms with E-state index >= 15 is 0 Å². The number of aryl methyl sites for hydroxylation is 1. The normalized spacial score (nSPS) is 12.1. The summed E-state index contributed by atoms with van der Waals surface area (Å²) in [4.78, 5) is 33.7. The van der Waals surface area contributed by atoms with Gasteiger partial charge >= 0.3 is 12.1 Å². The molecule has 1 aromatic rings. The van der Waals surface area contributed by atoms with Gasteiger partial charge in [0.2, 0.25) is 5.91 Å². The minimum absolute atomic E-state index is 0.0146. The molecule has 0 saturated heterocycles. The van der Waals surface area contributed by atoms with E-state index in [9.17, 15) is 18.8 Å². The lowest BCUT2D eigenvalue weighted by atomic mass is 10.1. The van der Waals surface area contributed by atoms with E-state index in [0.29, 0.717) is 24.8 Å². The fraction of sp³-hybridized carbons (Fsp3) is 0.571. The van der Waals surface area contributed by atoms with Gasteiger partial charge in [-0.05, 0) is 58.1 Å². The first-order valence-corrected chi connectivity index (χ1v) is 9.87. The summed E-state index contributed by atoms with van der Waals surface area (Å²) in [5.41, 5.74) is 4.91. The summed E-state index contributed by atoms with van der Waals surface area (Å²) >= 11 is 0. The second-order valence-corrected chi connectivity index (χ2v) is 7.99. The Morgan fingerprint density at radius 3 is 2.50 bits per heavy atom. The zero-order valence-electron chi connectivity index (χ0n) is 17.7. The van der Waals surface area contributed by atoms with E-state index in [1.807, 2.05) is 0 Å². The number of hydrogen-bond donors (Lipinski definition) is 3. The molecule has 0 aliphatic carbocycles. The van der Waals surface area contributed by atoms with Crippen LogP contribution in [0.15, 0.2) is 18.2 Å². The Balaban J connectivity index is 2.72. The molecule has 0 aliphatic rings. The van der Waals surface area contributed by atoms with Crippen molar-refractivity contribution in [1.82, 2.24) is 5.32 Å². The number of alkyl carbamates (subject to hydrolysis) is 1. The molecule has 1 aromatic carbocycles. The van der Waals surface area contributed by atoms with E-state index in [4.69, 9.17) is 20.3 Å². The topological polar surface area (TPSA) is 128 Å². The van der Waals surface area contributed by atoms with Crippen LogP contribution in [-0.2, 0) is 20.7 Å². The monoisotopic (exact) mass is 426 g/mol. The van der Waals surface area contributed by atoms with Gasteiger partial charge < -0.3 is 25.6 Å². The van der Waals surface area contributed by atoms with Gasteiger partial charge in [0.1, 0.15) is 12.2 Å². The number of hydrogen-bond acceptors (Lipinski definition) is 5. The molecule has 168 valence electrons. The summed E-state index contributed by atoms with van der Waals surface area (Å²) in [5.74, 6) is -1.92.